The second kappa shape index (κ2) is 9.50. The van der Waals surface area contributed by atoms with Crippen LogP contribution in [0.5, 0.6) is 0 Å². The fourth-order valence-corrected chi connectivity index (χ4v) is 3.15. The van der Waals surface area contributed by atoms with Crippen molar-refractivity contribution in [1.29, 1.82) is 0 Å². The van der Waals surface area contributed by atoms with Crippen LogP contribution in [0.1, 0.15) is 30.7 Å². The largest absolute Gasteiger partial charge is 0.379 e. The predicted molar refractivity (Wildman–Crippen MR) is 98.6 cm³/mol. The van der Waals surface area contributed by atoms with Crippen LogP contribution in [-0.2, 0) is 27.4 Å². The van der Waals surface area contributed by atoms with Gasteiger partial charge in [0.1, 0.15) is 11.9 Å². The van der Waals surface area contributed by atoms with Crippen molar-refractivity contribution in [3.63, 3.8) is 0 Å². The standard InChI is InChI=1S/C20H27N3O3/c1-16-21-10-12-23(16)11-5-8-20(24)22-18-9-13-25-15-19(18)26-14-17-6-3-2-4-7-17/h2-4,6-7,10,12,18-19H,5,8-9,11,13-15H2,1H3,(H,22,24)/t18-,19-/m1/s1. The van der Waals surface area contributed by atoms with Gasteiger partial charge in [0, 0.05) is 32.0 Å². The summed E-state index contributed by atoms with van der Waals surface area (Å²) < 4.78 is 13.6. The molecule has 3 rings (SSSR count). The minimum Gasteiger partial charge on any atom is -0.379 e. The number of benzene rings is 1. The Morgan fingerprint density at radius 3 is 3.00 bits per heavy atom. The molecule has 2 aromatic rings. The minimum absolute atomic E-state index is 0.00921. The Morgan fingerprint density at radius 1 is 1.38 bits per heavy atom. The number of nitrogens with one attached hydrogen (secondary N) is 1. The van der Waals surface area contributed by atoms with Crippen molar-refractivity contribution < 1.29 is 14.3 Å². The Bertz CT molecular complexity index is 687. The molecule has 140 valence electrons. The second-order valence-corrected chi connectivity index (χ2v) is 6.64. The van der Waals surface area contributed by atoms with Crippen LogP contribution < -0.4 is 5.32 Å². The zero-order valence-electron chi connectivity index (χ0n) is 15.3. The number of carbonyl (C=O) groups is 1. The summed E-state index contributed by atoms with van der Waals surface area (Å²) in [7, 11) is 0. The molecular weight excluding hydrogens is 330 g/mol. The van der Waals surface area contributed by atoms with Gasteiger partial charge in [-0.2, -0.15) is 0 Å². The highest BCUT2D eigenvalue weighted by Gasteiger charge is 2.27. The monoisotopic (exact) mass is 357 g/mol. The molecule has 0 radical (unpaired) electrons. The van der Waals surface area contributed by atoms with Crippen molar-refractivity contribution >= 4 is 5.91 Å². The molecule has 0 unspecified atom stereocenters. The quantitative estimate of drug-likeness (QED) is 0.788. The molecule has 1 aromatic heterocycles. The highest BCUT2D eigenvalue weighted by atomic mass is 16.5. The Morgan fingerprint density at radius 2 is 2.23 bits per heavy atom. The maximum Gasteiger partial charge on any atom is 0.220 e. The van der Waals surface area contributed by atoms with Crippen LogP contribution in [0.3, 0.4) is 0 Å². The lowest BCUT2D eigenvalue weighted by atomic mass is 10.1. The summed E-state index contributed by atoms with van der Waals surface area (Å²) in [5.74, 6) is 1.05. The van der Waals surface area contributed by atoms with Crippen molar-refractivity contribution in [2.45, 2.75) is 51.5 Å². The fourth-order valence-electron chi connectivity index (χ4n) is 3.15. The first kappa shape index (κ1) is 18.6. The van der Waals surface area contributed by atoms with E-state index in [0.29, 0.717) is 26.2 Å². The van der Waals surface area contributed by atoms with Crippen molar-refractivity contribution in [3.05, 3.63) is 54.1 Å². The normalized spacial score (nSPS) is 20.0. The Balaban J connectivity index is 1.43. The number of imidazole rings is 1. The molecule has 0 bridgehead atoms. The average Bonchev–Trinajstić information content (AvgIpc) is 3.07. The van der Waals surface area contributed by atoms with Gasteiger partial charge in [0.05, 0.1) is 19.3 Å². The average molecular weight is 357 g/mol. The number of aryl methyl sites for hydroxylation is 2. The van der Waals surface area contributed by atoms with Gasteiger partial charge in [-0.3, -0.25) is 4.79 Å². The molecule has 0 saturated carbocycles. The zero-order chi connectivity index (χ0) is 18.2. The van der Waals surface area contributed by atoms with Crippen LogP contribution in [0.2, 0.25) is 0 Å². The van der Waals surface area contributed by atoms with E-state index in [4.69, 9.17) is 9.47 Å². The van der Waals surface area contributed by atoms with E-state index in [1.165, 1.54) is 0 Å². The van der Waals surface area contributed by atoms with Crippen molar-refractivity contribution in [2.24, 2.45) is 0 Å². The third-order valence-corrected chi connectivity index (χ3v) is 4.68. The smallest absolute Gasteiger partial charge is 0.220 e. The molecule has 1 aromatic carbocycles. The molecule has 6 nitrogen and oxygen atoms in total. The summed E-state index contributed by atoms with van der Waals surface area (Å²) in [6, 6.07) is 10.1. The van der Waals surface area contributed by atoms with E-state index in [9.17, 15) is 4.79 Å². The third-order valence-electron chi connectivity index (χ3n) is 4.68. The van der Waals surface area contributed by atoms with Gasteiger partial charge in [-0.1, -0.05) is 30.3 Å². The maximum atomic E-state index is 12.3. The molecule has 1 saturated heterocycles. The fraction of sp³-hybridized carbons (Fsp3) is 0.500. The van der Waals surface area contributed by atoms with Gasteiger partial charge >= 0.3 is 0 Å². The molecular formula is C20H27N3O3. The highest BCUT2D eigenvalue weighted by Crippen LogP contribution is 2.14. The Kier molecular flexibility index (Phi) is 6.80. The molecule has 2 atom stereocenters. The SMILES string of the molecule is Cc1nccn1CCCC(=O)N[C@@H]1CCOC[C@H]1OCc1ccccc1. The van der Waals surface area contributed by atoms with E-state index in [2.05, 4.69) is 14.9 Å². The lowest BCUT2D eigenvalue weighted by Gasteiger charge is -2.32. The third kappa shape index (κ3) is 5.41. The number of amides is 1. The van der Waals surface area contributed by atoms with Crippen LogP contribution in [-0.4, -0.2) is 40.8 Å². The molecule has 2 heterocycles. The van der Waals surface area contributed by atoms with Gasteiger partial charge in [0.2, 0.25) is 5.91 Å². The van der Waals surface area contributed by atoms with Crippen LogP contribution >= 0.6 is 0 Å². The van der Waals surface area contributed by atoms with Crippen LogP contribution in [0.4, 0.5) is 0 Å². The maximum absolute atomic E-state index is 12.3. The molecule has 1 N–H and O–H groups in total. The zero-order valence-corrected chi connectivity index (χ0v) is 15.3. The summed E-state index contributed by atoms with van der Waals surface area (Å²) in [6.07, 6.45) is 5.70. The van der Waals surface area contributed by atoms with Gasteiger partial charge in [0.15, 0.2) is 0 Å². The number of aromatic nitrogens is 2. The van der Waals surface area contributed by atoms with Crippen molar-refractivity contribution in [1.82, 2.24) is 14.9 Å². The van der Waals surface area contributed by atoms with E-state index in [0.717, 1.165) is 30.8 Å². The molecule has 26 heavy (non-hydrogen) atoms. The van der Waals surface area contributed by atoms with Gasteiger partial charge in [-0.15, -0.1) is 0 Å². The summed E-state index contributed by atoms with van der Waals surface area (Å²) in [5.41, 5.74) is 1.12. The molecule has 6 heteroatoms. The summed E-state index contributed by atoms with van der Waals surface area (Å²) >= 11 is 0. The topological polar surface area (TPSA) is 65.4 Å². The minimum atomic E-state index is -0.108. The number of ether oxygens (including phenoxy) is 2. The van der Waals surface area contributed by atoms with Crippen LogP contribution in [0.25, 0.3) is 0 Å². The lowest BCUT2D eigenvalue weighted by molar-refractivity contribution is -0.126. The number of carbonyl (C=O) groups excluding carboxylic acids is 1. The molecule has 0 aliphatic carbocycles. The van der Waals surface area contributed by atoms with E-state index < -0.39 is 0 Å². The first-order valence-electron chi connectivity index (χ1n) is 9.23. The Hall–Kier alpha value is -2.18. The first-order valence-corrected chi connectivity index (χ1v) is 9.23. The van der Waals surface area contributed by atoms with E-state index in [1.807, 2.05) is 43.5 Å². The Labute approximate surface area is 154 Å². The van der Waals surface area contributed by atoms with E-state index in [1.54, 1.807) is 6.20 Å². The lowest BCUT2D eigenvalue weighted by Crippen LogP contribution is -2.49. The van der Waals surface area contributed by atoms with Gasteiger partial charge in [-0.05, 0) is 25.3 Å². The summed E-state index contributed by atoms with van der Waals surface area (Å²) in [6.45, 7) is 4.48. The van der Waals surface area contributed by atoms with Crippen molar-refractivity contribution in [2.75, 3.05) is 13.2 Å². The van der Waals surface area contributed by atoms with Crippen molar-refractivity contribution in [3.8, 4) is 0 Å². The number of hydrogen-bond donors (Lipinski definition) is 1. The number of hydrogen-bond acceptors (Lipinski definition) is 4. The molecule has 1 amide bonds. The van der Waals surface area contributed by atoms with E-state index in [-0.39, 0.29) is 18.1 Å². The molecule has 0 spiro atoms. The summed E-state index contributed by atoms with van der Waals surface area (Å²) in [5, 5.41) is 3.13. The second-order valence-electron chi connectivity index (χ2n) is 6.64. The van der Waals surface area contributed by atoms with Crippen LogP contribution in [0, 0.1) is 6.92 Å². The van der Waals surface area contributed by atoms with Crippen LogP contribution in [0.15, 0.2) is 42.7 Å². The number of rotatable bonds is 8. The summed E-state index contributed by atoms with van der Waals surface area (Å²) in [4.78, 5) is 16.5. The molecule has 1 aliphatic heterocycles. The van der Waals surface area contributed by atoms with Gasteiger partial charge in [-0.25, -0.2) is 4.98 Å². The predicted octanol–water partition coefficient (Wildman–Crippen LogP) is 2.46. The molecule has 1 aliphatic rings. The van der Waals surface area contributed by atoms with E-state index >= 15 is 0 Å². The first-order chi connectivity index (χ1) is 12.7. The highest BCUT2D eigenvalue weighted by molar-refractivity contribution is 5.76. The van der Waals surface area contributed by atoms with Gasteiger partial charge in [0.25, 0.3) is 0 Å². The number of nitrogens with zero attached hydrogens (tertiary/aromatic N) is 2. The van der Waals surface area contributed by atoms with Gasteiger partial charge < -0.3 is 19.4 Å². The molecule has 1 fully saturated rings.